The number of nitrogens with one attached hydrogen (secondary N) is 3. The fourth-order valence-electron chi connectivity index (χ4n) is 1.70. The molecule has 3 amide bonds. The van der Waals surface area contributed by atoms with Crippen LogP contribution in [0.2, 0.25) is 0 Å². The van der Waals surface area contributed by atoms with Crippen molar-refractivity contribution in [2.75, 3.05) is 13.6 Å². The first-order valence-corrected chi connectivity index (χ1v) is 6.45. The summed E-state index contributed by atoms with van der Waals surface area (Å²) in [6, 6.07) is 5.61. The standard InChI is InChI=1S/C14H19N3O4/c1-9(18)16-8-13(20)17-12(14(21)15-2)7-10-3-5-11(19)6-4-10/h3-6,12,19H,7-8H2,1-2H3,(H,15,21)(H,16,18)(H,17,20)/t12-/m0/s1. The van der Waals surface area contributed by atoms with E-state index >= 15 is 0 Å². The monoisotopic (exact) mass is 293 g/mol. The Morgan fingerprint density at radius 1 is 1.19 bits per heavy atom. The van der Waals surface area contributed by atoms with Crippen molar-refractivity contribution in [3.63, 3.8) is 0 Å². The highest BCUT2D eigenvalue weighted by Crippen LogP contribution is 2.11. The van der Waals surface area contributed by atoms with Crippen LogP contribution >= 0.6 is 0 Å². The van der Waals surface area contributed by atoms with Crippen LogP contribution in [0, 0.1) is 0 Å². The van der Waals surface area contributed by atoms with Crippen LogP contribution in [-0.4, -0.2) is 42.5 Å². The first kappa shape index (κ1) is 16.5. The molecule has 0 fully saturated rings. The van der Waals surface area contributed by atoms with Crippen LogP contribution in [0.15, 0.2) is 24.3 Å². The van der Waals surface area contributed by atoms with Crippen LogP contribution in [0.4, 0.5) is 0 Å². The van der Waals surface area contributed by atoms with Crippen molar-refractivity contribution in [3.05, 3.63) is 29.8 Å². The largest absolute Gasteiger partial charge is 0.508 e. The van der Waals surface area contributed by atoms with Gasteiger partial charge in [0.1, 0.15) is 11.8 Å². The average Bonchev–Trinajstić information content (AvgIpc) is 2.45. The van der Waals surface area contributed by atoms with Gasteiger partial charge in [-0.1, -0.05) is 12.1 Å². The van der Waals surface area contributed by atoms with Crippen molar-refractivity contribution in [2.45, 2.75) is 19.4 Å². The van der Waals surface area contributed by atoms with E-state index in [4.69, 9.17) is 0 Å². The summed E-state index contributed by atoms with van der Waals surface area (Å²) in [6.45, 7) is 1.12. The molecule has 0 heterocycles. The summed E-state index contributed by atoms with van der Waals surface area (Å²) < 4.78 is 0. The summed E-state index contributed by atoms with van der Waals surface area (Å²) in [5, 5.41) is 16.6. The zero-order valence-corrected chi connectivity index (χ0v) is 12.0. The second-order valence-electron chi connectivity index (χ2n) is 4.51. The van der Waals surface area contributed by atoms with Gasteiger partial charge in [0.2, 0.25) is 17.7 Å². The van der Waals surface area contributed by atoms with Gasteiger partial charge in [-0.25, -0.2) is 0 Å². The van der Waals surface area contributed by atoms with Crippen molar-refractivity contribution >= 4 is 17.7 Å². The smallest absolute Gasteiger partial charge is 0.242 e. The van der Waals surface area contributed by atoms with E-state index in [0.29, 0.717) is 0 Å². The predicted molar refractivity (Wildman–Crippen MR) is 76.5 cm³/mol. The lowest BCUT2D eigenvalue weighted by molar-refractivity contribution is -0.129. The van der Waals surface area contributed by atoms with Crippen molar-refractivity contribution in [1.82, 2.24) is 16.0 Å². The molecular weight excluding hydrogens is 274 g/mol. The molecule has 0 unspecified atom stereocenters. The molecule has 0 aliphatic rings. The molecule has 0 saturated heterocycles. The third-order valence-corrected chi connectivity index (χ3v) is 2.77. The van der Waals surface area contributed by atoms with Gasteiger partial charge < -0.3 is 21.1 Å². The van der Waals surface area contributed by atoms with E-state index in [1.54, 1.807) is 12.1 Å². The Bertz CT molecular complexity index is 513. The topological polar surface area (TPSA) is 108 Å². The van der Waals surface area contributed by atoms with Crippen molar-refractivity contribution < 1.29 is 19.5 Å². The maximum absolute atomic E-state index is 11.8. The summed E-state index contributed by atoms with van der Waals surface area (Å²) in [7, 11) is 1.48. The van der Waals surface area contributed by atoms with E-state index in [1.807, 2.05) is 0 Å². The molecular formula is C14H19N3O4. The van der Waals surface area contributed by atoms with Crippen molar-refractivity contribution in [2.24, 2.45) is 0 Å². The molecule has 0 aliphatic heterocycles. The Kier molecular flexibility index (Phi) is 6.19. The zero-order valence-electron chi connectivity index (χ0n) is 12.0. The Hall–Kier alpha value is -2.57. The number of carbonyl (C=O) groups excluding carboxylic acids is 3. The number of hydrogen-bond donors (Lipinski definition) is 4. The van der Waals surface area contributed by atoms with Crippen LogP contribution in [0.25, 0.3) is 0 Å². The zero-order chi connectivity index (χ0) is 15.8. The van der Waals surface area contributed by atoms with Gasteiger partial charge in [-0.3, -0.25) is 14.4 Å². The van der Waals surface area contributed by atoms with E-state index in [9.17, 15) is 19.5 Å². The molecule has 7 heteroatoms. The number of amides is 3. The molecule has 21 heavy (non-hydrogen) atoms. The van der Waals surface area contributed by atoms with Gasteiger partial charge in [-0.15, -0.1) is 0 Å². The summed E-state index contributed by atoms with van der Waals surface area (Å²) in [4.78, 5) is 34.2. The van der Waals surface area contributed by atoms with Crippen LogP contribution < -0.4 is 16.0 Å². The molecule has 0 aromatic heterocycles. The Morgan fingerprint density at radius 2 is 1.81 bits per heavy atom. The minimum atomic E-state index is -0.749. The summed E-state index contributed by atoms with van der Waals surface area (Å²) in [5.41, 5.74) is 0.793. The number of phenolic OH excluding ortho intramolecular Hbond substituents is 1. The van der Waals surface area contributed by atoms with Crippen LogP contribution in [0.3, 0.4) is 0 Å². The molecule has 4 N–H and O–H groups in total. The number of hydrogen-bond acceptors (Lipinski definition) is 4. The normalized spacial score (nSPS) is 11.3. The Labute approximate surface area is 122 Å². The van der Waals surface area contributed by atoms with Crippen molar-refractivity contribution in [1.29, 1.82) is 0 Å². The molecule has 0 radical (unpaired) electrons. The van der Waals surface area contributed by atoms with Crippen LogP contribution in [0.5, 0.6) is 5.75 Å². The second kappa shape index (κ2) is 7.88. The number of rotatable bonds is 6. The molecule has 1 aromatic rings. The highest BCUT2D eigenvalue weighted by atomic mass is 16.3. The van der Waals surface area contributed by atoms with E-state index in [-0.39, 0.29) is 30.5 Å². The number of benzene rings is 1. The van der Waals surface area contributed by atoms with Gasteiger partial charge in [0.15, 0.2) is 0 Å². The van der Waals surface area contributed by atoms with E-state index in [1.165, 1.54) is 26.1 Å². The van der Waals surface area contributed by atoms with Gasteiger partial charge in [0.25, 0.3) is 0 Å². The first-order valence-electron chi connectivity index (χ1n) is 6.45. The molecule has 1 rings (SSSR count). The minimum absolute atomic E-state index is 0.130. The number of phenols is 1. The number of carbonyl (C=O) groups is 3. The SMILES string of the molecule is CNC(=O)[C@H](Cc1ccc(O)cc1)NC(=O)CNC(C)=O. The summed E-state index contributed by atoms with van der Waals surface area (Å²) in [6.07, 6.45) is 0.283. The van der Waals surface area contributed by atoms with Crippen LogP contribution in [-0.2, 0) is 20.8 Å². The maximum Gasteiger partial charge on any atom is 0.242 e. The van der Waals surface area contributed by atoms with Crippen molar-refractivity contribution in [3.8, 4) is 5.75 Å². The quantitative estimate of drug-likeness (QED) is 0.556. The number of likely N-dealkylation sites (N-methyl/N-ethyl adjacent to an activating group) is 1. The molecule has 1 atom stereocenters. The predicted octanol–water partition coefficient (Wildman–Crippen LogP) is -0.698. The van der Waals surface area contributed by atoms with E-state index in [0.717, 1.165) is 5.56 Å². The third-order valence-electron chi connectivity index (χ3n) is 2.77. The van der Waals surface area contributed by atoms with E-state index in [2.05, 4.69) is 16.0 Å². The summed E-state index contributed by atoms with van der Waals surface area (Å²) >= 11 is 0. The highest BCUT2D eigenvalue weighted by molar-refractivity contribution is 5.89. The van der Waals surface area contributed by atoms with Gasteiger partial charge in [0, 0.05) is 20.4 Å². The fourth-order valence-corrected chi connectivity index (χ4v) is 1.70. The molecule has 1 aromatic carbocycles. The minimum Gasteiger partial charge on any atom is -0.508 e. The average molecular weight is 293 g/mol. The Balaban J connectivity index is 2.67. The second-order valence-corrected chi connectivity index (χ2v) is 4.51. The third kappa shape index (κ3) is 5.94. The molecule has 7 nitrogen and oxygen atoms in total. The molecule has 114 valence electrons. The summed E-state index contributed by atoms with van der Waals surface area (Å²) in [5.74, 6) is -0.970. The molecule has 0 saturated carbocycles. The lowest BCUT2D eigenvalue weighted by atomic mass is 10.0. The number of aromatic hydroxyl groups is 1. The molecule has 0 spiro atoms. The van der Waals surface area contributed by atoms with Gasteiger partial charge in [-0.2, -0.15) is 0 Å². The molecule has 0 aliphatic carbocycles. The van der Waals surface area contributed by atoms with Gasteiger partial charge >= 0.3 is 0 Å². The first-order chi connectivity index (χ1) is 9.92. The maximum atomic E-state index is 11.8. The van der Waals surface area contributed by atoms with Gasteiger partial charge in [-0.05, 0) is 17.7 Å². The Morgan fingerprint density at radius 3 is 2.33 bits per heavy atom. The van der Waals surface area contributed by atoms with E-state index < -0.39 is 11.9 Å². The van der Waals surface area contributed by atoms with Gasteiger partial charge in [0.05, 0.1) is 6.54 Å². The fraction of sp³-hybridized carbons (Fsp3) is 0.357. The lowest BCUT2D eigenvalue weighted by Crippen LogP contribution is -2.49. The lowest BCUT2D eigenvalue weighted by Gasteiger charge is -2.17. The molecule has 0 bridgehead atoms. The van der Waals surface area contributed by atoms with Crippen LogP contribution in [0.1, 0.15) is 12.5 Å². The highest BCUT2D eigenvalue weighted by Gasteiger charge is 2.20.